The molecule has 3 atom stereocenters. The third-order valence-electron chi connectivity index (χ3n) is 5.48. The molecule has 20 heavy (non-hydrogen) atoms. The highest BCUT2D eigenvalue weighted by Gasteiger charge is 2.50. The van der Waals surface area contributed by atoms with Gasteiger partial charge in [-0.1, -0.05) is 39.5 Å². The van der Waals surface area contributed by atoms with E-state index >= 15 is 0 Å². The van der Waals surface area contributed by atoms with E-state index < -0.39 is 0 Å². The molecule has 1 aliphatic carbocycles. The smallest absolute Gasteiger partial charge is 0.244 e. The first-order valence-electron chi connectivity index (χ1n) is 8.64. The molecular weight excluding hydrogens is 248 g/mol. The van der Waals surface area contributed by atoms with Crippen molar-refractivity contribution in [3.05, 3.63) is 0 Å². The highest BCUT2D eigenvalue weighted by atomic mass is 16.2. The number of hydrogen-bond donors (Lipinski definition) is 1. The summed E-state index contributed by atoms with van der Waals surface area (Å²) in [6.07, 6.45) is 9.93. The molecule has 1 saturated carbocycles. The van der Waals surface area contributed by atoms with Crippen LogP contribution in [0.3, 0.4) is 0 Å². The molecule has 0 radical (unpaired) electrons. The molecule has 0 aromatic carbocycles. The number of amides is 1. The van der Waals surface area contributed by atoms with E-state index in [1.807, 2.05) is 0 Å². The first-order chi connectivity index (χ1) is 9.53. The third-order valence-corrected chi connectivity index (χ3v) is 5.48. The summed E-state index contributed by atoms with van der Waals surface area (Å²) in [6, 6.07) is 0.369. The van der Waals surface area contributed by atoms with Gasteiger partial charge in [-0.25, -0.2) is 0 Å². The van der Waals surface area contributed by atoms with Crippen molar-refractivity contribution in [3.8, 4) is 0 Å². The van der Waals surface area contributed by atoms with Gasteiger partial charge in [0, 0.05) is 6.04 Å². The number of carbonyl (C=O) groups excluding carboxylic acids is 1. The maximum absolute atomic E-state index is 12.9. The highest BCUT2D eigenvalue weighted by Crippen LogP contribution is 2.37. The second kappa shape index (κ2) is 6.46. The Morgan fingerprint density at radius 3 is 2.55 bits per heavy atom. The van der Waals surface area contributed by atoms with Gasteiger partial charge < -0.3 is 4.90 Å². The van der Waals surface area contributed by atoms with Crippen LogP contribution in [0.4, 0.5) is 0 Å². The minimum atomic E-state index is -0.340. The van der Waals surface area contributed by atoms with Crippen LogP contribution < -0.4 is 5.32 Å². The van der Waals surface area contributed by atoms with E-state index in [0.717, 1.165) is 12.8 Å². The zero-order valence-corrected chi connectivity index (χ0v) is 13.7. The molecule has 1 heterocycles. The number of carbonyl (C=O) groups is 1. The number of nitrogens with one attached hydrogen (secondary N) is 1. The van der Waals surface area contributed by atoms with Crippen molar-refractivity contribution < 1.29 is 4.79 Å². The van der Waals surface area contributed by atoms with Crippen LogP contribution in [0.25, 0.3) is 0 Å². The van der Waals surface area contributed by atoms with Crippen molar-refractivity contribution >= 4 is 5.91 Å². The van der Waals surface area contributed by atoms with Gasteiger partial charge in [-0.3, -0.25) is 10.1 Å². The van der Waals surface area contributed by atoms with Crippen LogP contribution in [-0.2, 0) is 4.79 Å². The SMILES string of the molecule is CCCCC(C)N1C(=O)C(C)(CC)NC1C1CCCC1. The fraction of sp³-hybridized carbons (Fsp3) is 0.941. The standard InChI is InChI=1S/C17H32N2O/c1-5-7-10-13(3)19-15(14-11-8-9-12-14)18-17(4,6-2)16(19)20/h13-15,18H,5-12H2,1-4H3. The zero-order valence-electron chi connectivity index (χ0n) is 13.7. The lowest BCUT2D eigenvalue weighted by Gasteiger charge is -2.34. The van der Waals surface area contributed by atoms with Crippen LogP contribution in [0.5, 0.6) is 0 Å². The van der Waals surface area contributed by atoms with Gasteiger partial charge in [-0.05, 0) is 45.4 Å². The topological polar surface area (TPSA) is 32.3 Å². The lowest BCUT2D eigenvalue weighted by molar-refractivity contribution is -0.135. The summed E-state index contributed by atoms with van der Waals surface area (Å²) < 4.78 is 0. The zero-order chi connectivity index (χ0) is 14.8. The summed E-state index contributed by atoms with van der Waals surface area (Å²) in [5.41, 5.74) is -0.340. The van der Waals surface area contributed by atoms with Crippen molar-refractivity contribution in [1.82, 2.24) is 10.2 Å². The Bertz CT molecular complexity index is 338. The van der Waals surface area contributed by atoms with Crippen LogP contribution in [0, 0.1) is 5.92 Å². The first kappa shape index (κ1) is 15.8. The first-order valence-corrected chi connectivity index (χ1v) is 8.64. The number of nitrogens with zero attached hydrogens (tertiary/aromatic N) is 1. The van der Waals surface area contributed by atoms with Gasteiger partial charge in [0.2, 0.25) is 5.91 Å². The number of unbranched alkanes of at least 4 members (excludes halogenated alkanes) is 1. The Hall–Kier alpha value is -0.570. The van der Waals surface area contributed by atoms with E-state index in [-0.39, 0.29) is 11.7 Å². The predicted molar refractivity (Wildman–Crippen MR) is 83.4 cm³/mol. The van der Waals surface area contributed by atoms with Gasteiger partial charge in [0.25, 0.3) is 0 Å². The average molecular weight is 280 g/mol. The van der Waals surface area contributed by atoms with E-state index in [1.54, 1.807) is 0 Å². The highest BCUT2D eigenvalue weighted by molar-refractivity contribution is 5.88. The van der Waals surface area contributed by atoms with Gasteiger partial charge in [0.05, 0.1) is 11.7 Å². The summed E-state index contributed by atoms with van der Waals surface area (Å²) in [6.45, 7) is 8.67. The van der Waals surface area contributed by atoms with Gasteiger partial charge in [-0.15, -0.1) is 0 Å². The third kappa shape index (κ3) is 2.88. The summed E-state index contributed by atoms with van der Waals surface area (Å²) in [5, 5.41) is 3.69. The van der Waals surface area contributed by atoms with Gasteiger partial charge in [0.15, 0.2) is 0 Å². The maximum Gasteiger partial charge on any atom is 0.244 e. The Morgan fingerprint density at radius 2 is 2.00 bits per heavy atom. The summed E-state index contributed by atoms with van der Waals surface area (Å²) in [4.78, 5) is 15.1. The molecule has 116 valence electrons. The number of rotatable bonds is 6. The molecule has 1 amide bonds. The molecule has 1 N–H and O–H groups in total. The summed E-state index contributed by atoms with van der Waals surface area (Å²) >= 11 is 0. The average Bonchev–Trinajstić information content (AvgIpc) is 3.05. The summed E-state index contributed by atoms with van der Waals surface area (Å²) in [5.74, 6) is 0.997. The molecule has 3 nitrogen and oxygen atoms in total. The van der Waals surface area contributed by atoms with Crippen LogP contribution in [0.2, 0.25) is 0 Å². The van der Waals surface area contributed by atoms with Crippen molar-refractivity contribution in [1.29, 1.82) is 0 Å². The minimum absolute atomic E-state index is 0.279. The van der Waals surface area contributed by atoms with Gasteiger partial charge in [0.1, 0.15) is 0 Å². The fourth-order valence-electron chi connectivity index (χ4n) is 3.85. The second-order valence-corrected chi connectivity index (χ2v) is 7.02. The molecule has 3 unspecified atom stereocenters. The van der Waals surface area contributed by atoms with E-state index in [4.69, 9.17) is 0 Å². The molecular formula is C17H32N2O. The monoisotopic (exact) mass is 280 g/mol. The molecule has 2 rings (SSSR count). The van der Waals surface area contributed by atoms with Crippen LogP contribution in [0.1, 0.15) is 79.1 Å². The van der Waals surface area contributed by atoms with Crippen molar-refractivity contribution in [3.63, 3.8) is 0 Å². The fourth-order valence-corrected chi connectivity index (χ4v) is 3.85. The molecule has 0 aromatic rings. The quantitative estimate of drug-likeness (QED) is 0.805. The van der Waals surface area contributed by atoms with Crippen LogP contribution in [-0.4, -0.2) is 28.6 Å². The van der Waals surface area contributed by atoms with Crippen molar-refractivity contribution in [2.75, 3.05) is 0 Å². The van der Waals surface area contributed by atoms with E-state index in [1.165, 1.54) is 38.5 Å². The Balaban J connectivity index is 2.16. The minimum Gasteiger partial charge on any atom is -0.323 e. The van der Waals surface area contributed by atoms with Gasteiger partial charge >= 0.3 is 0 Å². The second-order valence-electron chi connectivity index (χ2n) is 7.02. The molecule has 2 fully saturated rings. The maximum atomic E-state index is 12.9. The Morgan fingerprint density at radius 1 is 1.35 bits per heavy atom. The Kier molecular flexibility index (Phi) is 5.11. The molecule has 0 spiro atoms. The summed E-state index contributed by atoms with van der Waals surface area (Å²) in [7, 11) is 0. The Labute approximate surface area is 124 Å². The molecule has 1 saturated heterocycles. The molecule has 1 aliphatic heterocycles. The van der Waals surface area contributed by atoms with Crippen molar-refractivity contribution in [2.24, 2.45) is 5.92 Å². The molecule has 2 aliphatic rings. The normalized spacial score (nSPS) is 33.1. The van der Waals surface area contributed by atoms with Crippen LogP contribution >= 0.6 is 0 Å². The number of hydrogen-bond acceptors (Lipinski definition) is 2. The van der Waals surface area contributed by atoms with E-state index in [0.29, 0.717) is 17.9 Å². The lowest BCUT2D eigenvalue weighted by Crippen LogP contribution is -2.47. The molecule has 3 heteroatoms. The van der Waals surface area contributed by atoms with Crippen LogP contribution in [0.15, 0.2) is 0 Å². The largest absolute Gasteiger partial charge is 0.323 e. The van der Waals surface area contributed by atoms with Gasteiger partial charge in [-0.2, -0.15) is 0 Å². The molecule has 0 bridgehead atoms. The molecule has 0 aromatic heterocycles. The van der Waals surface area contributed by atoms with E-state index in [9.17, 15) is 4.79 Å². The lowest BCUT2D eigenvalue weighted by atomic mass is 9.98. The van der Waals surface area contributed by atoms with E-state index in [2.05, 4.69) is 37.9 Å². The van der Waals surface area contributed by atoms with Crippen molar-refractivity contribution in [2.45, 2.75) is 96.8 Å². The predicted octanol–water partition coefficient (Wildman–Crippen LogP) is 3.68.